The van der Waals surface area contributed by atoms with Gasteiger partial charge in [0.25, 0.3) is 0 Å². The van der Waals surface area contributed by atoms with Crippen LogP contribution in [-0.4, -0.2) is 64.5 Å². The quantitative estimate of drug-likeness (QED) is 0.544. The van der Waals surface area contributed by atoms with Gasteiger partial charge in [0.1, 0.15) is 12.4 Å². The van der Waals surface area contributed by atoms with Gasteiger partial charge in [0.15, 0.2) is 11.8 Å². The fraction of sp³-hybridized carbons (Fsp3) is 0.611. The molecule has 1 aliphatic heterocycles. The Balaban J connectivity index is 1.59. The van der Waals surface area contributed by atoms with E-state index < -0.39 is 0 Å². The molecule has 8 nitrogen and oxygen atoms in total. The summed E-state index contributed by atoms with van der Waals surface area (Å²) in [6.45, 7) is 9.84. The van der Waals surface area contributed by atoms with Gasteiger partial charge in [-0.3, -0.25) is 4.90 Å². The average Bonchev–Trinajstić information content (AvgIpc) is 3.33. The SMILES string of the molecule is Cc1nnc(CN=C(NCc2cccs2)NCC(C)N2CCOCC2)n1C. The van der Waals surface area contributed by atoms with Gasteiger partial charge in [-0.1, -0.05) is 6.07 Å². The van der Waals surface area contributed by atoms with Crippen molar-refractivity contribution in [3.63, 3.8) is 0 Å². The van der Waals surface area contributed by atoms with Crippen LogP contribution in [0, 0.1) is 6.92 Å². The molecule has 0 aromatic carbocycles. The highest BCUT2D eigenvalue weighted by atomic mass is 32.1. The highest BCUT2D eigenvalue weighted by Crippen LogP contribution is 2.07. The summed E-state index contributed by atoms with van der Waals surface area (Å²) in [5, 5.41) is 17.3. The first-order valence-electron chi connectivity index (χ1n) is 9.34. The van der Waals surface area contributed by atoms with Gasteiger partial charge in [-0.05, 0) is 25.3 Å². The summed E-state index contributed by atoms with van der Waals surface area (Å²) in [6.07, 6.45) is 0. The topological polar surface area (TPSA) is 79.6 Å². The number of aliphatic imine (C=N–C) groups is 1. The zero-order chi connectivity index (χ0) is 19.1. The zero-order valence-corrected chi connectivity index (χ0v) is 17.1. The molecule has 9 heteroatoms. The summed E-state index contributed by atoms with van der Waals surface area (Å²) in [4.78, 5) is 8.44. The Morgan fingerprint density at radius 1 is 1.33 bits per heavy atom. The highest BCUT2D eigenvalue weighted by Gasteiger charge is 2.17. The van der Waals surface area contributed by atoms with Gasteiger partial charge in [-0.2, -0.15) is 0 Å². The molecule has 1 atom stereocenters. The molecule has 1 fully saturated rings. The van der Waals surface area contributed by atoms with Crippen LogP contribution in [0.25, 0.3) is 0 Å². The number of aryl methyl sites for hydroxylation is 1. The van der Waals surface area contributed by atoms with Gasteiger partial charge in [0.2, 0.25) is 0 Å². The largest absolute Gasteiger partial charge is 0.379 e. The van der Waals surface area contributed by atoms with Crippen molar-refractivity contribution in [2.75, 3.05) is 32.8 Å². The monoisotopic (exact) mass is 391 g/mol. The van der Waals surface area contributed by atoms with Crippen molar-refractivity contribution in [1.29, 1.82) is 0 Å². The molecule has 3 heterocycles. The van der Waals surface area contributed by atoms with Gasteiger partial charge < -0.3 is 19.9 Å². The predicted molar refractivity (Wildman–Crippen MR) is 108 cm³/mol. The summed E-state index contributed by atoms with van der Waals surface area (Å²) < 4.78 is 7.41. The van der Waals surface area contributed by atoms with Crippen LogP contribution in [0.4, 0.5) is 0 Å². The molecule has 0 bridgehead atoms. The van der Waals surface area contributed by atoms with Crippen molar-refractivity contribution in [3.8, 4) is 0 Å². The van der Waals surface area contributed by atoms with Crippen LogP contribution in [0.5, 0.6) is 0 Å². The van der Waals surface area contributed by atoms with E-state index in [0.717, 1.165) is 57.0 Å². The van der Waals surface area contributed by atoms with Gasteiger partial charge in [0.05, 0.1) is 19.8 Å². The summed E-state index contributed by atoms with van der Waals surface area (Å²) in [5.41, 5.74) is 0. The van der Waals surface area contributed by atoms with Crippen molar-refractivity contribution in [1.82, 2.24) is 30.3 Å². The molecule has 0 amide bonds. The number of hydrogen-bond donors (Lipinski definition) is 2. The number of morpholine rings is 1. The van der Waals surface area contributed by atoms with Crippen molar-refractivity contribution >= 4 is 17.3 Å². The summed E-state index contributed by atoms with van der Waals surface area (Å²) in [6, 6.07) is 4.60. The second kappa shape index (κ2) is 9.82. The lowest BCUT2D eigenvalue weighted by atomic mass is 10.2. The predicted octanol–water partition coefficient (Wildman–Crippen LogP) is 1.14. The molecular formula is C18H29N7OS. The van der Waals surface area contributed by atoms with E-state index in [1.54, 1.807) is 11.3 Å². The lowest BCUT2D eigenvalue weighted by molar-refractivity contribution is 0.0211. The molecule has 0 spiro atoms. The molecule has 1 aliphatic rings. The van der Waals surface area contributed by atoms with Crippen molar-refractivity contribution in [3.05, 3.63) is 34.0 Å². The maximum Gasteiger partial charge on any atom is 0.192 e. The normalized spacial score (nSPS) is 17.1. The first kappa shape index (κ1) is 19.8. The fourth-order valence-electron chi connectivity index (χ4n) is 2.89. The van der Waals surface area contributed by atoms with E-state index >= 15 is 0 Å². The molecule has 148 valence electrons. The first-order chi connectivity index (χ1) is 13.1. The minimum Gasteiger partial charge on any atom is -0.379 e. The van der Waals surface area contributed by atoms with Gasteiger partial charge in [-0.15, -0.1) is 21.5 Å². The van der Waals surface area contributed by atoms with Crippen LogP contribution < -0.4 is 10.6 Å². The molecule has 2 aromatic rings. The number of ether oxygens (including phenoxy) is 1. The highest BCUT2D eigenvalue weighted by molar-refractivity contribution is 7.09. The van der Waals surface area contributed by atoms with Gasteiger partial charge >= 0.3 is 0 Å². The summed E-state index contributed by atoms with van der Waals surface area (Å²) in [5.74, 6) is 2.54. The number of nitrogens with one attached hydrogen (secondary N) is 2. The van der Waals surface area contributed by atoms with Crippen LogP contribution in [0.15, 0.2) is 22.5 Å². The van der Waals surface area contributed by atoms with Crippen molar-refractivity contribution in [2.45, 2.75) is 33.0 Å². The number of hydrogen-bond acceptors (Lipinski definition) is 6. The number of rotatable bonds is 7. The molecular weight excluding hydrogens is 362 g/mol. The van der Waals surface area contributed by atoms with E-state index in [0.29, 0.717) is 12.6 Å². The molecule has 0 aliphatic carbocycles. The van der Waals surface area contributed by atoms with E-state index in [9.17, 15) is 0 Å². The molecule has 0 radical (unpaired) electrons. The van der Waals surface area contributed by atoms with Crippen LogP contribution in [-0.2, 0) is 24.9 Å². The van der Waals surface area contributed by atoms with Crippen molar-refractivity contribution < 1.29 is 4.74 Å². The number of thiophene rings is 1. The van der Waals surface area contributed by atoms with Crippen LogP contribution >= 0.6 is 11.3 Å². The third-order valence-corrected chi connectivity index (χ3v) is 5.68. The van der Waals surface area contributed by atoms with Crippen molar-refractivity contribution in [2.24, 2.45) is 12.0 Å². The Labute approximate surface area is 164 Å². The van der Waals surface area contributed by atoms with Gasteiger partial charge in [0, 0.05) is 37.6 Å². The molecule has 1 saturated heterocycles. The van der Waals surface area contributed by atoms with E-state index in [4.69, 9.17) is 9.73 Å². The molecule has 2 N–H and O–H groups in total. The maximum atomic E-state index is 5.44. The fourth-order valence-corrected chi connectivity index (χ4v) is 3.53. The van der Waals surface area contributed by atoms with Crippen LogP contribution in [0.2, 0.25) is 0 Å². The molecule has 0 saturated carbocycles. The lowest BCUT2D eigenvalue weighted by Gasteiger charge is -2.32. The Kier molecular flexibility index (Phi) is 7.19. The zero-order valence-electron chi connectivity index (χ0n) is 16.3. The number of aromatic nitrogens is 3. The summed E-state index contributed by atoms with van der Waals surface area (Å²) in [7, 11) is 1.97. The van der Waals surface area contributed by atoms with Crippen LogP contribution in [0.1, 0.15) is 23.4 Å². The smallest absolute Gasteiger partial charge is 0.192 e. The Bertz CT molecular complexity index is 722. The standard InChI is InChI=1S/C18H29N7OS/c1-14(25-6-8-26-9-7-25)11-19-18(20-12-16-5-4-10-27-16)21-13-17-23-22-15(2)24(17)3/h4-5,10,14H,6-9,11-13H2,1-3H3,(H2,19,20,21). The molecule has 1 unspecified atom stereocenters. The average molecular weight is 392 g/mol. The maximum absolute atomic E-state index is 5.44. The third kappa shape index (κ3) is 5.75. The second-order valence-electron chi connectivity index (χ2n) is 6.70. The van der Waals surface area contributed by atoms with E-state index in [1.165, 1.54) is 4.88 Å². The first-order valence-corrected chi connectivity index (χ1v) is 10.2. The third-order valence-electron chi connectivity index (χ3n) is 4.81. The molecule has 3 rings (SSSR count). The van der Waals surface area contributed by atoms with Crippen LogP contribution in [0.3, 0.4) is 0 Å². The minimum atomic E-state index is 0.416. The number of nitrogens with zero attached hydrogens (tertiary/aromatic N) is 5. The Morgan fingerprint density at radius 3 is 2.81 bits per heavy atom. The van der Waals surface area contributed by atoms with Gasteiger partial charge in [-0.25, -0.2) is 4.99 Å². The van der Waals surface area contributed by atoms with E-state index in [-0.39, 0.29) is 0 Å². The minimum absolute atomic E-state index is 0.416. The Hall–Kier alpha value is -1.97. The molecule has 2 aromatic heterocycles. The number of guanidine groups is 1. The second-order valence-corrected chi connectivity index (χ2v) is 7.73. The van der Waals surface area contributed by atoms with E-state index in [2.05, 4.69) is 50.2 Å². The van der Waals surface area contributed by atoms with E-state index in [1.807, 2.05) is 18.5 Å². The summed E-state index contributed by atoms with van der Waals surface area (Å²) >= 11 is 1.74. The Morgan fingerprint density at radius 2 is 2.15 bits per heavy atom. The lowest BCUT2D eigenvalue weighted by Crippen LogP contribution is -2.49. The molecule has 27 heavy (non-hydrogen) atoms.